The number of alkyl halides is 3. The number of anilines is 1. The van der Waals surface area contributed by atoms with Gasteiger partial charge < -0.3 is 14.8 Å². The number of benzene rings is 1. The Kier molecular flexibility index (Phi) is 4.06. The first-order valence-electron chi connectivity index (χ1n) is 9.77. The average molecular weight is 415 g/mol. The molecule has 1 N–H and O–H groups in total. The van der Waals surface area contributed by atoms with Crippen LogP contribution in [0.4, 0.5) is 19.0 Å². The Morgan fingerprint density at radius 3 is 2.73 bits per heavy atom. The molecule has 2 aromatic heterocycles. The maximum atomic E-state index is 13.4. The average Bonchev–Trinajstić information content (AvgIpc) is 3.16. The summed E-state index contributed by atoms with van der Waals surface area (Å²) in [6.07, 6.45) is 0.590. The minimum atomic E-state index is -4.57. The van der Waals surface area contributed by atoms with Gasteiger partial charge >= 0.3 is 6.18 Å². The van der Waals surface area contributed by atoms with Crippen LogP contribution in [-0.2, 0) is 6.18 Å². The standard InChI is InChI=1S/C21H20F3N5O/c1-28(18-14-6-9-25-17(14)26-12-27-18)16-10-29(11-20(16)7-8-20)19(30)13-4-2-3-5-15(13)21(22,23)24/h2-6,9,12,16H,7-8,10-11H2,1H3,(H,25,26,27). The third-order valence-corrected chi connectivity index (χ3v) is 6.38. The summed E-state index contributed by atoms with van der Waals surface area (Å²) in [4.78, 5) is 28.4. The van der Waals surface area contributed by atoms with Crippen LogP contribution in [0.2, 0.25) is 0 Å². The van der Waals surface area contributed by atoms with Crippen molar-refractivity contribution in [1.29, 1.82) is 0 Å². The Bertz CT molecular complexity index is 1120. The largest absolute Gasteiger partial charge is 0.417 e. The van der Waals surface area contributed by atoms with Gasteiger partial charge in [0.25, 0.3) is 5.91 Å². The summed E-state index contributed by atoms with van der Waals surface area (Å²) in [6, 6.07) is 6.88. The number of rotatable bonds is 3. The molecule has 1 saturated carbocycles. The van der Waals surface area contributed by atoms with Gasteiger partial charge in [0.1, 0.15) is 17.8 Å². The topological polar surface area (TPSA) is 65.1 Å². The number of carbonyl (C=O) groups is 1. The van der Waals surface area contributed by atoms with Crippen molar-refractivity contribution in [2.75, 3.05) is 25.0 Å². The highest BCUT2D eigenvalue weighted by Crippen LogP contribution is 2.55. The van der Waals surface area contributed by atoms with Crippen LogP contribution in [0, 0.1) is 5.41 Å². The maximum absolute atomic E-state index is 13.4. The van der Waals surface area contributed by atoms with Crippen LogP contribution in [0.5, 0.6) is 0 Å². The van der Waals surface area contributed by atoms with Crippen LogP contribution in [0.3, 0.4) is 0 Å². The lowest BCUT2D eigenvalue weighted by molar-refractivity contribution is -0.138. The molecule has 5 rings (SSSR count). The Morgan fingerprint density at radius 1 is 1.23 bits per heavy atom. The number of halogens is 3. The zero-order chi connectivity index (χ0) is 21.1. The molecule has 2 aliphatic rings. The first-order valence-corrected chi connectivity index (χ1v) is 9.77. The molecule has 1 aromatic carbocycles. The summed E-state index contributed by atoms with van der Waals surface area (Å²) in [6.45, 7) is 0.811. The molecular formula is C21H20F3N5O. The molecule has 3 aromatic rings. The predicted octanol–water partition coefficient (Wildman–Crippen LogP) is 3.72. The molecule has 1 unspecified atom stereocenters. The molecule has 1 aliphatic heterocycles. The molecule has 156 valence electrons. The monoisotopic (exact) mass is 415 g/mol. The van der Waals surface area contributed by atoms with Gasteiger partial charge in [0, 0.05) is 31.7 Å². The summed E-state index contributed by atoms with van der Waals surface area (Å²) in [7, 11) is 1.93. The van der Waals surface area contributed by atoms with E-state index < -0.39 is 17.6 Å². The van der Waals surface area contributed by atoms with Crippen molar-refractivity contribution >= 4 is 22.8 Å². The van der Waals surface area contributed by atoms with Crippen LogP contribution in [-0.4, -0.2) is 51.9 Å². The number of nitrogens with one attached hydrogen (secondary N) is 1. The molecule has 0 radical (unpaired) electrons. The van der Waals surface area contributed by atoms with E-state index in [1.165, 1.54) is 24.5 Å². The number of amides is 1. The Balaban J connectivity index is 1.45. The molecular weight excluding hydrogens is 395 g/mol. The summed E-state index contributed by atoms with van der Waals surface area (Å²) in [5, 5.41) is 0.878. The first-order chi connectivity index (χ1) is 14.3. The highest BCUT2D eigenvalue weighted by atomic mass is 19.4. The third-order valence-electron chi connectivity index (χ3n) is 6.38. The fourth-order valence-electron chi connectivity index (χ4n) is 4.67. The molecule has 9 heteroatoms. The number of hydrogen-bond acceptors (Lipinski definition) is 4. The Hall–Kier alpha value is -3.10. The molecule has 3 heterocycles. The summed E-state index contributed by atoms with van der Waals surface area (Å²) >= 11 is 0. The van der Waals surface area contributed by atoms with Crippen molar-refractivity contribution in [2.45, 2.75) is 25.1 Å². The third kappa shape index (κ3) is 2.91. The first kappa shape index (κ1) is 18.9. The number of aromatic amines is 1. The highest BCUT2D eigenvalue weighted by molar-refractivity contribution is 5.96. The predicted molar refractivity (Wildman–Crippen MR) is 105 cm³/mol. The minimum absolute atomic E-state index is 0.0208. The van der Waals surface area contributed by atoms with Gasteiger partial charge in [-0.1, -0.05) is 12.1 Å². The van der Waals surface area contributed by atoms with Crippen LogP contribution in [0.1, 0.15) is 28.8 Å². The van der Waals surface area contributed by atoms with E-state index in [1.807, 2.05) is 18.0 Å². The number of hydrogen-bond donors (Lipinski definition) is 1. The molecule has 1 aliphatic carbocycles. The Morgan fingerprint density at radius 2 is 2.00 bits per heavy atom. The maximum Gasteiger partial charge on any atom is 0.417 e. The van der Waals surface area contributed by atoms with Crippen LogP contribution in [0.15, 0.2) is 42.9 Å². The molecule has 1 atom stereocenters. The highest BCUT2D eigenvalue weighted by Gasteiger charge is 2.58. The van der Waals surface area contributed by atoms with Crippen LogP contribution < -0.4 is 4.90 Å². The van der Waals surface area contributed by atoms with E-state index >= 15 is 0 Å². The van der Waals surface area contributed by atoms with E-state index in [1.54, 1.807) is 11.1 Å². The smallest absolute Gasteiger partial charge is 0.354 e. The van der Waals surface area contributed by atoms with Crippen molar-refractivity contribution in [2.24, 2.45) is 5.41 Å². The van der Waals surface area contributed by atoms with E-state index in [0.29, 0.717) is 13.1 Å². The second-order valence-electron chi connectivity index (χ2n) is 8.16. The zero-order valence-corrected chi connectivity index (χ0v) is 16.3. The van der Waals surface area contributed by atoms with Gasteiger partial charge in [-0.15, -0.1) is 0 Å². The number of likely N-dealkylation sites (tertiary alicyclic amines) is 1. The van der Waals surface area contributed by atoms with E-state index in [0.717, 1.165) is 35.8 Å². The lowest BCUT2D eigenvalue weighted by Gasteiger charge is -2.30. The van der Waals surface area contributed by atoms with Gasteiger partial charge in [-0.2, -0.15) is 13.2 Å². The lowest BCUT2D eigenvalue weighted by Crippen LogP contribution is -2.40. The number of carbonyl (C=O) groups excluding carboxylic acids is 1. The van der Waals surface area contributed by atoms with Crippen molar-refractivity contribution in [3.63, 3.8) is 0 Å². The van der Waals surface area contributed by atoms with E-state index in [4.69, 9.17) is 0 Å². The van der Waals surface area contributed by atoms with Gasteiger partial charge in [-0.3, -0.25) is 4.79 Å². The normalized spacial score (nSPS) is 20.1. The van der Waals surface area contributed by atoms with Gasteiger partial charge in [0.05, 0.1) is 22.6 Å². The second kappa shape index (κ2) is 6.45. The SMILES string of the molecule is CN(c1ncnc2[nH]ccc12)C1CN(C(=O)c2ccccc2C(F)(F)F)CC12CC2. The number of nitrogens with zero attached hydrogens (tertiary/aromatic N) is 4. The fraction of sp³-hybridized carbons (Fsp3) is 0.381. The van der Waals surface area contributed by atoms with Gasteiger partial charge in [-0.25, -0.2) is 9.97 Å². The Labute approximate surface area is 170 Å². The van der Waals surface area contributed by atoms with Gasteiger partial charge in [0.2, 0.25) is 0 Å². The number of H-pyrrole nitrogens is 1. The number of fused-ring (bicyclic) bond motifs is 1. The zero-order valence-electron chi connectivity index (χ0n) is 16.3. The molecule has 6 nitrogen and oxygen atoms in total. The molecule has 30 heavy (non-hydrogen) atoms. The van der Waals surface area contributed by atoms with Crippen LogP contribution >= 0.6 is 0 Å². The molecule has 2 fully saturated rings. The van der Waals surface area contributed by atoms with Crippen molar-refractivity contribution < 1.29 is 18.0 Å². The second-order valence-corrected chi connectivity index (χ2v) is 8.16. The fourth-order valence-corrected chi connectivity index (χ4v) is 4.67. The number of likely N-dealkylation sites (N-methyl/N-ethyl adjacent to an activating group) is 1. The summed E-state index contributed by atoms with van der Waals surface area (Å²) in [5.41, 5.74) is -0.562. The van der Waals surface area contributed by atoms with Crippen molar-refractivity contribution in [1.82, 2.24) is 19.9 Å². The molecule has 1 spiro atoms. The summed E-state index contributed by atoms with van der Waals surface area (Å²) < 4.78 is 40.2. The molecule has 1 saturated heterocycles. The van der Waals surface area contributed by atoms with Crippen LogP contribution in [0.25, 0.3) is 11.0 Å². The molecule has 0 bridgehead atoms. The van der Waals surface area contributed by atoms with Crippen molar-refractivity contribution in [3.8, 4) is 0 Å². The van der Waals surface area contributed by atoms with E-state index in [2.05, 4.69) is 15.0 Å². The summed E-state index contributed by atoms with van der Waals surface area (Å²) in [5.74, 6) is 0.182. The quantitative estimate of drug-likeness (QED) is 0.708. The lowest BCUT2D eigenvalue weighted by atomic mass is 9.99. The van der Waals surface area contributed by atoms with Gasteiger partial charge in [0.15, 0.2) is 0 Å². The number of aromatic nitrogens is 3. The van der Waals surface area contributed by atoms with Crippen molar-refractivity contribution in [3.05, 3.63) is 54.0 Å². The molecule has 1 amide bonds. The minimum Gasteiger partial charge on any atom is -0.354 e. The van der Waals surface area contributed by atoms with Gasteiger partial charge in [-0.05, 0) is 31.0 Å². The van der Waals surface area contributed by atoms with E-state index in [-0.39, 0.29) is 17.0 Å². The van der Waals surface area contributed by atoms with E-state index in [9.17, 15) is 18.0 Å².